The van der Waals surface area contributed by atoms with Crippen LogP contribution in [0.2, 0.25) is 0 Å². The Morgan fingerprint density at radius 1 is 1.35 bits per heavy atom. The molecule has 0 aromatic rings. The molecule has 0 aromatic heterocycles. The van der Waals surface area contributed by atoms with E-state index in [1.807, 2.05) is 6.92 Å². The average Bonchev–Trinajstić information content (AvgIpc) is 3.25. The zero-order valence-corrected chi connectivity index (χ0v) is 12.7. The minimum atomic E-state index is -0.733. The number of nitrogens with one attached hydrogen (secondary N) is 1. The number of methoxy groups -OCH3 is 1. The number of carboxylic acid groups (broad SMARTS) is 1. The lowest BCUT2D eigenvalue weighted by molar-refractivity contribution is -0.147. The quantitative estimate of drug-likeness (QED) is 0.701. The number of rotatable bonds is 8. The van der Waals surface area contributed by atoms with Gasteiger partial charge in [0.25, 0.3) is 0 Å². The van der Waals surface area contributed by atoms with Crippen LogP contribution in [-0.4, -0.2) is 61.4 Å². The molecule has 2 fully saturated rings. The van der Waals surface area contributed by atoms with Crippen molar-refractivity contribution in [2.45, 2.75) is 38.1 Å². The maximum atomic E-state index is 11.8. The lowest BCUT2D eigenvalue weighted by Gasteiger charge is -2.39. The van der Waals surface area contributed by atoms with Gasteiger partial charge in [-0.1, -0.05) is 6.92 Å². The summed E-state index contributed by atoms with van der Waals surface area (Å²) in [6, 6.07) is 0. The highest BCUT2D eigenvalue weighted by Crippen LogP contribution is 2.41. The Balaban J connectivity index is 1.93. The van der Waals surface area contributed by atoms with Gasteiger partial charge < -0.3 is 20.1 Å². The van der Waals surface area contributed by atoms with Gasteiger partial charge in [-0.05, 0) is 57.2 Å². The van der Waals surface area contributed by atoms with Crippen LogP contribution in [0, 0.1) is 11.8 Å². The molecular formula is C15H28N2O3. The molecule has 1 unspecified atom stereocenters. The van der Waals surface area contributed by atoms with Crippen LogP contribution in [-0.2, 0) is 9.53 Å². The molecule has 0 spiro atoms. The molecule has 5 nitrogen and oxygen atoms in total. The first-order valence-corrected chi connectivity index (χ1v) is 7.82. The number of likely N-dealkylation sites (N-methyl/N-ethyl adjacent to an activating group) is 1. The Morgan fingerprint density at radius 3 is 2.45 bits per heavy atom. The van der Waals surface area contributed by atoms with Crippen LogP contribution in [0.15, 0.2) is 0 Å². The Kier molecular flexibility index (Phi) is 5.41. The third kappa shape index (κ3) is 3.51. The van der Waals surface area contributed by atoms with E-state index in [0.717, 1.165) is 45.4 Å². The van der Waals surface area contributed by atoms with Crippen molar-refractivity contribution in [3.8, 4) is 0 Å². The third-order valence-corrected chi connectivity index (χ3v) is 4.73. The normalized spacial score (nSPS) is 24.5. The summed E-state index contributed by atoms with van der Waals surface area (Å²) in [6.45, 7) is 6.14. The second-order valence-electron chi connectivity index (χ2n) is 6.26. The van der Waals surface area contributed by atoms with Crippen LogP contribution in [0.4, 0.5) is 0 Å². The summed E-state index contributed by atoms with van der Waals surface area (Å²) in [5.74, 6) is 0.257. The van der Waals surface area contributed by atoms with Crippen LogP contribution >= 0.6 is 0 Å². The van der Waals surface area contributed by atoms with Crippen LogP contribution in [0.5, 0.6) is 0 Å². The van der Waals surface area contributed by atoms with Crippen molar-refractivity contribution in [2.75, 3.05) is 39.9 Å². The van der Waals surface area contributed by atoms with Crippen LogP contribution < -0.4 is 5.32 Å². The van der Waals surface area contributed by atoms with E-state index in [4.69, 9.17) is 4.74 Å². The molecule has 1 saturated heterocycles. The van der Waals surface area contributed by atoms with Gasteiger partial charge in [0.2, 0.25) is 0 Å². The number of piperidine rings is 1. The van der Waals surface area contributed by atoms with E-state index in [2.05, 4.69) is 10.2 Å². The molecule has 1 heterocycles. The standard InChI is InChI=1S/C15H28N2O3/c1-3-16-15(14(18)19,13-4-5-13)11-17-8-6-12(7-9-17)10-20-2/h12-13,16H,3-11H2,1-2H3,(H,18,19). The lowest BCUT2D eigenvalue weighted by atomic mass is 9.90. The fraction of sp³-hybridized carbons (Fsp3) is 0.933. The van der Waals surface area contributed by atoms with E-state index in [9.17, 15) is 9.90 Å². The van der Waals surface area contributed by atoms with Gasteiger partial charge in [0, 0.05) is 20.3 Å². The number of likely N-dealkylation sites (tertiary alicyclic amines) is 1. The Morgan fingerprint density at radius 2 is 2.00 bits per heavy atom. The second kappa shape index (κ2) is 6.87. The number of carboxylic acids is 1. The summed E-state index contributed by atoms with van der Waals surface area (Å²) in [6.07, 6.45) is 4.31. The molecule has 0 bridgehead atoms. The molecule has 0 radical (unpaired) electrons. The fourth-order valence-electron chi connectivity index (χ4n) is 3.44. The number of carbonyl (C=O) groups is 1. The smallest absolute Gasteiger partial charge is 0.325 e. The first kappa shape index (κ1) is 15.7. The van der Waals surface area contributed by atoms with Gasteiger partial charge in [0.1, 0.15) is 5.54 Å². The zero-order valence-electron chi connectivity index (χ0n) is 12.7. The van der Waals surface area contributed by atoms with Crippen molar-refractivity contribution in [2.24, 2.45) is 11.8 Å². The third-order valence-electron chi connectivity index (χ3n) is 4.73. The zero-order chi connectivity index (χ0) is 14.6. The predicted molar refractivity (Wildman–Crippen MR) is 77.8 cm³/mol. The van der Waals surface area contributed by atoms with Gasteiger partial charge in [-0.25, -0.2) is 0 Å². The molecule has 1 saturated carbocycles. The molecule has 116 valence electrons. The van der Waals surface area contributed by atoms with E-state index in [1.54, 1.807) is 7.11 Å². The van der Waals surface area contributed by atoms with Gasteiger partial charge in [0.05, 0.1) is 0 Å². The van der Waals surface area contributed by atoms with Crippen LogP contribution in [0.25, 0.3) is 0 Å². The lowest BCUT2D eigenvalue weighted by Crippen LogP contribution is -2.61. The summed E-state index contributed by atoms with van der Waals surface area (Å²) in [5, 5.41) is 13.0. The number of hydrogen-bond acceptors (Lipinski definition) is 4. The minimum Gasteiger partial charge on any atom is -0.480 e. The van der Waals surface area contributed by atoms with Crippen molar-refractivity contribution in [1.82, 2.24) is 10.2 Å². The summed E-state index contributed by atoms with van der Waals surface area (Å²) in [5.41, 5.74) is -0.733. The van der Waals surface area contributed by atoms with E-state index >= 15 is 0 Å². The van der Waals surface area contributed by atoms with Crippen molar-refractivity contribution in [1.29, 1.82) is 0 Å². The van der Waals surface area contributed by atoms with Gasteiger partial charge in [-0.15, -0.1) is 0 Å². The van der Waals surface area contributed by atoms with Crippen molar-refractivity contribution >= 4 is 5.97 Å². The monoisotopic (exact) mass is 284 g/mol. The minimum absolute atomic E-state index is 0.302. The number of aliphatic carboxylic acids is 1. The molecule has 1 aliphatic heterocycles. The fourth-order valence-corrected chi connectivity index (χ4v) is 3.44. The summed E-state index contributed by atoms with van der Waals surface area (Å²) >= 11 is 0. The van der Waals surface area contributed by atoms with E-state index < -0.39 is 11.5 Å². The molecule has 1 aliphatic carbocycles. The van der Waals surface area contributed by atoms with E-state index in [-0.39, 0.29) is 0 Å². The number of nitrogens with zero attached hydrogens (tertiary/aromatic N) is 1. The second-order valence-corrected chi connectivity index (χ2v) is 6.26. The maximum absolute atomic E-state index is 11.8. The summed E-state index contributed by atoms with van der Waals surface area (Å²) < 4.78 is 5.22. The highest BCUT2D eigenvalue weighted by Gasteiger charge is 2.51. The first-order valence-electron chi connectivity index (χ1n) is 7.82. The highest BCUT2D eigenvalue weighted by molar-refractivity contribution is 5.80. The van der Waals surface area contributed by atoms with E-state index in [0.29, 0.717) is 24.9 Å². The Hall–Kier alpha value is -0.650. The largest absolute Gasteiger partial charge is 0.480 e. The van der Waals surface area contributed by atoms with Crippen LogP contribution in [0.3, 0.4) is 0 Å². The molecule has 5 heteroatoms. The highest BCUT2D eigenvalue weighted by atomic mass is 16.5. The molecule has 2 N–H and O–H groups in total. The number of hydrogen-bond donors (Lipinski definition) is 2. The molecule has 0 aromatic carbocycles. The Labute approximate surface area is 121 Å². The van der Waals surface area contributed by atoms with Gasteiger partial charge in [0.15, 0.2) is 0 Å². The van der Waals surface area contributed by atoms with Crippen molar-refractivity contribution in [3.05, 3.63) is 0 Å². The van der Waals surface area contributed by atoms with Crippen molar-refractivity contribution < 1.29 is 14.6 Å². The predicted octanol–water partition coefficient (Wildman–Crippen LogP) is 1.19. The molecule has 20 heavy (non-hydrogen) atoms. The van der Waals surface area contributed by atoms with Gasteiger partial charge in [-0.3, -0.25) is 4.79 Å². The van der Waals surface area contributed by atoms with Crippen LogP contribution in [0.1, 0.15) is 32.6 Å². The molecule has 1 atom stereocenters. The molecular weight excluding hydrogens is 256 g/mol. The topological polar surface area (TPSA) is 61.8 Å². The molecule has 2 aliphatic rings. The summed E-state index contributed by atoms with van der Waals surface area (Å²) in [7, 11) is 1.75. The maximum Gasteiger partial charge on any atom is 0.325 e. The average molecular weight is 284 g/mol. The molecule has 0 amide bonds. The first-order chi connectivity index (χ1) is 9.62. The van der Waals surface area contributed by atoms with E-state index in [1.165, 1.54) is 0 Å². The SMILES string of the molecule is CCNC(CN1CCC(COC)CC1)(C(=O)O)C1CC1. The number of ether oxygens (including phenoxy) is 1. The van der Waals surface area contributed by atoms with Crippen molar-refractivity contribution in [3.63, 3.8) is 0 Å². The van der Waals surface area contributed by atoms with Gasteiger partial charge in [-0.2, -0.15) is 0 Å². The Bertz CT molecular complexity index is 325. The molecule has 2 rings (SSSR count). The van der Waals surface area contributed by atoms with Gasteiger partial charge >= 0.3 is 5.97 Å². The summed E-state index contributed by atoms with van der Waals surface area (Å²) in [4.78, 5) is 14.1.